The van der Waals surface area contributed by atoms with Crippen molar-refractivity contribution in [2.45, 2.75) is 19.8 Å². The standard InChI is InChI=1S/C17H16N2/c1-12(2)15-11-17(13-7-9-18-10-8-13)19-16-6-4-3-5-14(15)16/h3-12H,1-2H3. The predicted octanol–water partition coefficient (Wildman–Crippen LogP) is 4.42. The van der Waals surface area contributed by atoms with E-state index in [0.29, 0.717) is 5.92 Å². The van der Waals surface area contributed by atoms with Gasteiger partial charge in [0.1, 0.15) is 0 Å². The zero-order valence-corrected chi connectivity index (χ0v) is 11.2. The van der Waals surface area contributed by atoms with Crippen LogP contribution in [0.4, 0.5) is 0 Å². The summed E-state index contributed by atoms with van der Waals surface area (Å²) >= 11 is 0. The van der Waals surface area contributed by atoms with Gasteiger partial charge in [-0.25, -0.2) is 4.98 Å². The van der Waals surface area contributed by atoms with Crippen molar-refractivity contribution >= 4 is 10.9 Å². The second-order valence-corrected chi connectivity index (χ2v) is 5.00. The molecule has 0 radical (unpaired) electrons. The fraction of sp³-hybridized carbons (Fsp3) is 0.176. The Hall–Kier alpha value is -2.22. The molecule has 0 aliphatic rings. The molecule has 2 nitrogen and oxygen atoms in total. The summed E-state index contributed by atoms with van der Waals surface area (Å²) in [6, 6.07) is 14.5. The molecule has 94 valence electrons. The number of hydrogen-bond donors (Lipinski definition) is 0. The van der Waals surface area contributed by atoms with Gasteiger partial charge in [0.25, 0.3) is 0 Å². The molecule has 2 heterocycles. The Labute approximate surface area is 113 Å². The van der Waals surface area contributed by atoms with E-state index in [2.05, 4.69) is 43.1 Å². The predicted molar refractivity (Wildman–Crippen MR) is 79.1 cm³/mol. The third kappa shape index (κ3) is 2.22. The van der Waals surface area contributed by atoms with Crippen molar-refractivity contribution in [3.05, 3.63) is 60.4 Å². The van der Waals surface area contributed by atoms with E-state index in [0.717, 1.165) is 16.8 Å². The molecule has 3 rings (SSSR count). The SMILES string of the molecule is CC(C)c1cc(-c2ccncc2)nc2ccccc12. The lowest BCUT2D eigenvalue weighted by atomic mass is 9.96. The van der Waals surface area contributed by atoms with Crippen LogP contribution < -0.4 is 0 Å². The number of para-hydroxylation sites is 1. The van der Waals surface area contributed by atoms with Crippen molar-refractivity contribution in [2.24, 2.45) is 0 Å². The van der Waals surface area contributed by atoms with E-state index in [4.69, 9.17) is 4.98 Å². The Morgan fingerprint density at radius 3 is 2.42 bits per heavy atom. The summed E-state index contributed by atoms with van der Waals surface area (Å²) in [5, 5.41) is 1.25. The minimum absolute atomic E-state index is 0.480. The summed E-state index contributed by atoms with van der Waals surface area (Å²) in [6.45, 7) is 4.44. The van der Waals surface area contributed by atoms with Crippen LogP contribution >= 0.6 is 0 Å². The lowest BCUT2D eigenvalue weighted by molar-refractivity contribution is 0.875. The molecule has 0 N–H and O–H groups in total. The number of aromatic nitrogens is 2. The van der Waals surface area contributed by atoms with E-state index in [1.54, 1.807) is 12.4 Å². The monoisotopic (exact) mass is 248 g/mol. The molecule has 0 spiro atoms. The van der Waals surface area contributed by atoms with Gasteiger partial charge < -0.3 is 0 Å². The number of nitrogens with zero attached hydrogens (tertiary/aromatic N) is 2. The van der Waals surface area contributed by atoms with Crippen molar-refractivity contribution in [3.8, 4) is 11.3 Å². The van der Waals surface area contributed by atoms with Crippen molar-refractivity contribution in [2.75, 3.05) is 0 Å². The van der Waals surface area contributed by atoms with Gasteiger partial charge in [-0.1, -0.05) is 32.0 Å². The molecular weight excluding hydrogens is 232 g/mol. The second-order valence-electron chi connectivity index (χ2n) is 5.00. The maximum Gasteiger partial charge on any atom is 0.0713 e. The Morgan fingerprint density at radius 2 is 1.68 bits per heavy atom. The first kappa shape index (κ1) is 11.8. The van der Waals surface area contributed by atoms with Crippen LogP contribution in [0.15, 0.2) is 54.9 Å². The molecule has 0 aliphatic carbocycles. The summed E-state index contributed by atoms with van der Waals surface area (Å²) < 4.78 is 0. The zero-order valence-electron chi connectivity index (χ0n) is 11.2. The molecule has 0 unspecified atom stereocenters. The highest BCUT2D eigenvalue weighted by molar-refractivity contribution is 5.85. The first-order valence-corrected chi connectivity index (χ1v) is 6.56. The van der Waals surface area contributed by atoms with Crippen LogP contribution in [0.2, 0.25) is 0 Å². The number of fused-ring (bicyclic) bond motifs is 1. The number of pyridine rings is 2. The van der Waals surface area contributed by atoms with Crippen molar-refractivity contribution in [1.29, 1.82) is 0 Å². The molecule has 0 fully saturated rings. The van der Waals surface area contributed by atoms with E-state index >= 15 is 0 Å². The number of benzene rings is 1. The van der Waals surface area contributed by atoms with Gasteiger partial charge in [-0.3, -0.25) is 4.98 Å². The summed E-state index contributed by atoms with van der Waals surface area (Å²) in [5.74, 6) is 0.480. The minimum atomic E-state index is 0.480. The highest BCUT2D eigenvalue weighted by Crippen LogP contribution is 2.28. The van der Waals surface area contributed by atoms with Gasteiger partial charge in [-0.15, -0.1) is 0 Å². The average molecular weight is 248 g/mol. The van der Waals surface area contributed by atoms with Gasteiger partial charge in [0.15, 0.2) is 0 Å². The average Bonchev–Trinajstić information content (AvgIpc) is 2.47. The first-order valence-electron chi connectivity index (χ1n) is 6.56. The fourth-order valence-corrected chi connectivity index (χ4v) is 2.35. The molecule has 0 aliphatic heterocycles. The molecule has 0 amide bonds. The van der Waals surface area contributed by atoms with Crippen LogP contribution in [-0.4, -0.2) is 9.97 Å². The maximum absolute atomic E-state index is 4.76. The quantitative estimate of drug-likeness (QED) is 0.671. The summed E-state index contributed by atoms with van der Waals surface area (Å²) in [6.07, 6.45) is 3.61. The molecule has 2 heteroatoms. The number of hydrogen-bond acceptors (Lipinski definition) is 2. The van der Waals surface area contributed by atoms with Crippen LogP contribution in [0.5, 0.6) is 0 Å². The van der Waals surface area contributed by atoms with Gasteiger partial charge in [0.05, 0.1) is 11.2 Å². The molecule has 3 aromatic rings. The van der Waals surface area contributed by atoms with Gasteiger partial charge in [-0.05, 0) is 35.7 Å². The summed E-state index contributed by atoms with van der Waals surface area (Å²) in [5.41, 5.74) is 4.53. The molecule has 1 aromatic carbocycles. The van der Waals surface area contributed by atoms with Gasteiger partial charge >= 0.3 is 0 Å². The summed E-state index contributed by atoms with van der Waals surface area (Å²) in [4.78, 5) is 8.82. The molecule has 0 saturated carbocycles. The van der Waals surface area contributed by atoms with E-state index < -0.39 is 0 Å². The Kier molecular flexibility index (Phi) is 3.00. The molecule has 0 atom stereocenters. The van der Waals surface area contributed by atoms with E-state index in [1.165, 1.54) is 10.9 Å². The van der Waals surface area contributed by atoms with Crippen LogP contribution in [-0.2, 0) is 0 Å². The third-order valence-electron chi connectivity index (χ3n) is 3.35. The van der Waals surface area contributed by atoms with E-state index in [-0.39, 0.29) is 0 Å². The Balaban J connectivity index is 2.28. The van der Waals surface area contributed by atoms with E-state index in [1.807, 2.05) is 18.2 Å². The van der Waals surface area contributed by atoms with Crippen LogP contribution in [0.25, 0.3) is 22.2 Å². The van der Waals surface area contributed by atoms with Gasteiger partial charge in [0, 0.05) is 23.3 Å². The number of rotatable bonds is 2. The zero-order chi connectivity index (χ0) is 13.2. The molecule has 19 heavy (non-hydrogen) atoms. The van der Waals surface area contributed by atoms with Crippen molar-refractivity contribution < 1.29 is 0 Å². The maximum atomic E-state index is 4.76. The smallest absolute Gasteiger partial charge is 0.0713 e. The molecular formula is C17H16N2. The Morgan fingerprint density at radius 1 is 0.947 bits per heavy atom. The molecule has 2 aromatic heterocycles. The highest BCUT2D eigenvalue weighted by Gasteiger charge is 2.09. The van der Waals surface area contributed by atoms with Gasteiger partial charge in [0.2, 0.25) is 0 Å². The lowest BCUT2D eigenvalue weighted by Crippen LogP contribution is -1.94. The molecule has 0 bridgehead atoms. The van der Waals surface area contributed by atoms with Gasteiger partial charge in [-0.2, -0.15) is 0 Å². The van der Waals surface area contributed by atoms with Crippen molar-refractivity contribution in [1.82, 2.24) is 9.97 Å². The highest BCUT2D eigenvalue weighted by atomic mass is 14.7. The van der Waals surface area contributed by atoms with Crippen molar-refractivity contribution in [3.63, 3.8) is 0 Å². The van der Waals surface area contributed by atoms with Crippen LogP contribution in [0.1, 0.15) is 25.3 Å². The van der Waals surface area contributed by atoms with E-state index in [9.17, 15) is 0 Å². The lowest BCUT2D eigenvalue weighted by Gasteiger charge is -2.12. The largest absolute Gasteiger partial charge is 0.265 e. The van der Waals surface area contributed by atoms with Crippen LogP contribution in [0.3, 0.4) is 0 Å². The fourth-order valence-electron chi connectivity index (χ4n) is 2.35. The second kappa shape index (κ2) is 4.81. The third-order valence-corrected chi connectivity index (χ3v) is 3.35. The topological polar surface area (TPSA) is 25.8 Å². The Bertz CT molecular complexity index is 703. The molecule has 0 saturated heterocycles. The summed E-state index contributed by atoms with van der Waals surface area (Å²) in [7, 11) is 0. The normalized spacial score (nSPS) is 11.1. The first-order chi connectivity index (χ1) is 9.25. The van der Waals surface area contributed by atoms with Crippen LogP contribution in [0, 0.1) is 0 Å². The minimum Gasteiger partial charge on any atom is -0.265 e.